The van der Waals surface area contributed by atoms with Crippen LogP contribution in [0.3, 0.4) is 0 Å². The molecule has 0 unspecified atom stereocenters. The number of carbonyl (C=O) groups excluding carboxylic acids is 1. The molecule has 0 bridgehead atoms. The van der Waals surface area contributed by atoms with Crippen molar-refractivity contribution in [3.63, 3.8) is 0 Å². The normalized spacial score (nSPS) is 11.8. The van der Waals surface area contributed by atoms with Crippen LogP contribution in [0.15, 0.2) is 39.0 Å². The SMILES string of the molecule is Cn1c(=O)c2nc(SCC(=O)Nc3cccc(C(F)(F)F)c3)n(C)c2n(C)c1=O. The van der Waals surface area contributed by atoms with Gasteiger partial charge in [-0.1, -0.05) is 17.8 Å². The summed E-state index contributed by atoms with van der Waals surface area (Å²) in [4.78, 5) is 40.7. The quantitative estimate of drug-likeness (QED) is 0.641. The van der Waals surface area contributed by atoms with Crippen molar-refractivity contribution < 1.29 is 18.0 Å². The van der Waals surface area contributed by atoms with Crippen LogP contribution in [-0.4, -0.2) is 30.3 Å². The summed E-state index contributed by atoms with van der Waals surface area (Å²) < 4.78 is 42.0. The van der Waals surface area contributed by atoms with E-state index in [-0.39, 0.29) is 17.0 Å². The number of nitrogens with zero attached hydrogens (tertiary/aromatic N) is 4. The zero-order chi connectivity index (χ0) is 21.5. The lowest BCUT2D eigenvalue weighted by molar-refractivity contribution is -0.137. The Morgan fingerprint density at radius 1 is 1.14 bits per heavy atom. The van der Waals surface area contributed by atoms with Crippen LogP contribution >= 0.6 is 11.8 Å². The van der Waals surface area contributed by atoms with Crippen LogP contribution in [0.2, 0.25) is 0 Å². The number of halogens is 3. The zero-order valence-corrected chi connectivity index (χ0v) is 16.4. The third-order valence-electron chi connectivity index (χ3n) is 4.23. The van der Waals surface area contributed by atoms with Crippen LogP contribution in [-0.2, 0) is 32.1 Å². The minimum Gasteiger partial charge on any atom is -0.325 e. The number of hydrogen-bond acceptors (Lipinski definition) is 5. The Balaban J connectivity index is 1.79. The first-order valence-corrected chi connectivity index (χ1v) is 9.21. The molecule has 0 atom stereocenters. The van der Waals surface area contributed by atoms with E-state index >= 15 is 0 Å². The summed E-state index contributed by atoms with van der Waals surface area (Å²) in [6.45, 7) is 0. The number of nitrogens with one attached hydrogen (secondary N) is 1. The van der Waals surface area contributed by atoms with E-state index < -0.39 is 28.9 Å². The highest BCUT2D eigenvalue weighted by atomic mass is 32.2. The van der Waals surface area contributed by atoms with Gasteiger partial charge >= 0.3 is 11.9 Å². The van der Waals surface area contributed by atoms with Crippen LogP contribution in [0.5, 0.6) is 0 Å². The molecule has 0 spiro atoms. The van der Waals surface area contributed by atoms with Crippen molar-refractivity contribution >= 4 is 34.5 Å². The smallest absolute Gasteiger partial charge is 0.325 e. The van der Waals surface area contributed by atoms with E-state index in [1.807, 2.05) is 0 Å². The standard InChI is InChI=1S/C17H16F3N5O3S/c1-23-13-12(14(27)25(3)16(28)24(13)2)22-15(23)29-8-11(26)21-10-6-4-5-9(7-10)17(18,19)20/h4-7H,8H2,1-3H3,(H,21,26). The van der Waals surface area contributed by atoms with Gasteiger partial charge in [0, 0.05) is 26.8 Å². The van der Waals surface area contributed by atoms with Crippen molar-refractivity contribution in [3.8, 4) is 0 Å². The molecule has 3 rings (SSSR count). The highest BCUT2D eigenvalue weighted by Gasteiger charge is 2.30. The van der Waals surface area contributed by atoms with E-state index in [4.69, 9.17) is 0 Å². The number of anilines is 1. The third-order valence-corrected chi connectivity index (χ3v) is 5.26. The molecule has 0 radical (unpaired) electrons. The van der Waals surface area contributed by atoms with Crippen molar-refractivity contribution in [3.05, 3.63) is 50.7 Å². The molecule has 3 aromatic rings. The maximum atomic E-state index is 12.8. The van der Waals surface area contributed by atoms with Crippen LogP contribution in [0, 0.1) is 0 Å². The largest absolute Gasteiger partial charge is 0.416 e. The molecular weight excluding hydrogens is 411 g/mol. The Morgan fingerprint density at radius 3 is 2.48 bits per heavy atom. The Kier molecular flexibility index (Phi) is 5.30. The van der Waals surface area contributed by atoms with Gasteiger partial charge in [0.15, 0.2) is 16.3 Å². The Hall–Kier alpha value is -3.02. The van der Waals surface area contributed by atoms with Crippen LogP contribution < -0.4 is 16.6 Å². The van der Waals surface area contributed by atoms with E-state index in [2.05, 4.69) is 10.3 Å². The van der Waals surface area contributed by atoms with Crippen molar-refractivity contribution in [1.29, 1.82) is 0 Å². The summed E-state index contributed by atoms with van der Waals surface area (Å²) >= 11 is 0.993. The number of benzene rings is 1. The minimum absolute atomic E-state index is 0.0201. The summed E-state index contributed by atoms with van der Waals surface area (Å²) in [5.74, 6) is -0.690. The number of fused-ring (bicyclic) bond motifs is 1. The van der Waals surface area contributed by atoms with E-state index in [0.717, 1.165) is 28.5 Å². The molecule has 8 nitrogen and oxygen atoms in total. The first kappa shape index (κ1) is 20.7. The monoisotopic (exact) mass is 427 g/mol. The zero-order valence-electron chi connectivity index (χ0n) is 15.6. The van der Waals surface area contributed by atoms with Crippen molar-refractivity contribution in [2.75, 3.05) is 11.1 Å². The number of hydrogen-bond donors (Lipinski definition) is 1. The highest BCUT2D eigenvalue weighted by Crippen LogP contribution is 2.30. The predicted octanol–water partition coefficient (Wildman–Crippen LogP) is 1.72. The maximum absolute atomic E-state index is 12.8. The number of aromatic nitrogens is 4. The second-order valence-corrected chi connectivity index (χ2v) is 7.19. The number of imidazole rings is 1. The molecule has 2 heterocycles. The summed E-state index contributed by atoms with van der Waals surface area (Å²) in [6, 6.07) is 4.31. The molecule has 1 amide bonds. The third kappa shape index (κ3) is 3.92. The highest BCUT2D eigenvalue weighted by molar-refractivity contribution is 7.99. The van der Waals surface area contributed by atoms with E-state index in [1.54, 1.807) is 7.05 Å². The Labute approximate surface area is 166 Å². The van der Waals surface area contributed by atoms with Gasteiger partial charge in [0.05, 0.1) is 11.3 Å². The molecule has 12 heteroatoms. The maximum Gasteiger partial charge on any atom is 0.416 e. The van der Waals surface area contributed by atoms with Crippen LogP contribution in [0.1, 0.15) is 5.56 Å². The average molecular weight is 427 g/mol. The lowest BCUT2D eigenvalue weighted by atomic mass is 10.2. The first-order chi connectivity index (χ1) is 13.5. The summed E-state index contributed by atoms with van der Waals surface area (Å²) in [5, 5.41) is 2.72. The number of rotatable bonds is 4. The second-order valence-electron chi connectivity index (χ2n) is 6.25. The van der Waals surface area contributed by atoms with Gasteiger partial charge in [-0.3, -0.25) is 18.7 Å². The van der Waals surface area contributed by atoms with Crippen LogP contribution in [0.25, 0.3) is 11.2 Å². The number of alkyl halides is 3. The molecule has 0 saturated heterocycles. The molecule has 0 fully saturated rings. The number of carbonyl (C=O) groups is 1. The molecule has 1 aromatic carbocycles. The molecule has 0 aliphatic heterocycles. The molecule has 0 aliphatic carbocycles. The molecule has 154 valence electrons. The number of amides is 1. The lowest BCUT2D eigenvalue weighted by Gasteiger charge is -2.10. The molecule has 1 N–H and O–H groups in total. The molecule has 2 aromatic heterocycles. The summed E-state index contributed by atoms with van der Waals surface area (Å²) in [7, 11) is 4.44. The van der Waals surface area contributed by atoms with Gasteiger partial charge < -0.3 is 9.88 Å². The number of thioether (sulfide) groups is 1. The predicted molar refractivity (Wildman–Crippen MR) is 102 cm³/mol. The molecular formula is C17H16F3N5O3S. The van der Waals surface area contributed by atoms with Gasteiger partial charge in [0.2, 0.25) is 5.91 Å². The minimum atomic E-state index is -4.51. The van der Waals surface area contributed by atoms with Crippen LogP contribution in [0.4, 0.5) is 18.9 Å². The van der Waals surface area contributed by atoms with E-state index in [1.165, 1.54) is 35.4 Å². The van der Waals surface area contributed by atoms with Crippen molar-refractivity contribution in [2.24, 2.45) is 21.1 Å². The fourth-order valence-corrected chi connectivity index (χ4v) is 3.56. The van der Waals surface area contributed by atoms with Crippen molar-refractivity contribution in [1.82, 2.24) is 18.7 Å². The fourth-order valence-electron chi connectivity index (χ4n) is 2.79. The van der Waals surface area contributed by atoms with E-state index in [0.29, 0.717) is 10.8 Å². The van der Waals surface area contributed by atoms with Gasteiger partial charge in [0.1, 0.15) is 0 Å². The Bertz CT molecular complexity index is 1230. The van der Waals surface area contributed by atoms with Gasteiger partial charge in [-0.05, 0) is 18.2 Å². The van der Waals surface area contributed by atoms with Gasteiger partial charge in [-0.2, -0.15) is 13.2 Å². The molecule has 0 aliphatic rings. The number of aryl methyl sites for hydroxylation is 2. The summed E-state index contributed by atoms with van der Waals surface area (Å²) in [6.07, 6.45) is -4.51. The summed E-state index contributed by atoms with van der Waals surface area (Å²) in [5.41, 5.74) is -1.53. The fraction of sp³-hybridized carbons (Fsp3) is 0.294. The molecule has 29 heavy (non-hydrogen) atoms. The topological polar surface area (TPSA) is 90.9 Å². The Morgan fingerprint density at radius 2 is 1.83 bits per heavy atom. The van der Waals surface area contributed by atoms with Gasteiger partial charge in [-0.15, -0.1) is 0 Å². The van der Waals surface area contributed by atoms with Gasteiger partial charge in [0.25, 0.3) is 5.56 Å². The van der Waals surface area contributed by atoms with E-state index in [9.17, 15) is 27.6 Å². The van der Waals surface area contributed by atoms with Crippen molar-refractivity contribution in [2.45, 2.75) is 11.3 Å². The second kappa shape index (κ2) is 7.43. The molecule has 0 saturated carbocycles. The van der Waals surface area contributed by atoms with Gasteiger partial charge in [-0.25, -0.2) is 9.78 Å². The first-order valence-electron chi connectivity index (χ1n) is 8.23. The average Bonchev–Trinajstić information content (AvgIpc) is 2.99. The lowest BCUT2D eigenvalue weighted by Crippen LogP contribution is -2.37.